The fourth-order valence-corrected chi connectivity index (χ4v) is 2.49. The SMILES string of the molecule is O[C@@H](COc1ccccc1F)Cn1c(C(F)(F)F)nc2ccccc21. The van der Waals surface area contributed by atoms with Gasteiger partial charge in [-0.15, -0.1) is 0 Å². The van der Waals surface area contributed by atoms with Crippen LogP contribution in [0.25, 0.3) is 11.0 Å². The van der Waals surface area contributed by atoms with Gasteiger partial charge in [-0.3, -0.25) is 0 Å². The zero-order valence-corrected chi connectivity index (χ0v) is 12.9. The molecule has 1 atom stereocenters. The predicted octanol–water partition coefficient (Wildman–Crippen LogP) is 3.63. The molecular formula is C17H14F4N2O2. The number of para-hydroxylation sites is 3. The highest BCUT2D eigenvalue weighted by molar-refractivity contribution is 5.76. The Balaban J connectivity index is 1.81. The first-order valence-corrected chi connectivity index (χ1v) is 7.44. The Hall–Kier alpha value is -2.61. The monoisotopic (exact) mass is 354 g/mol. The summed E-state index contributed by atoms with van der Waals surface area (Å²) in [6.45, 7) is -0.742. The van der Waals surface area contributed by atoms with Crippen LogP contribution in [0.3, 0.4) is 0 Å². The smallest absolute Gasteiger partial charge is 0.449 e. The van der Waals surface area contributed by atoms with Gasteiger partial charge in [0.15, 0.2) is 11.6 Å². The fraction of sp³-hybridized carbons (Fsp3) is 0.235. The first-order chi connectivity index (χ1) is 11.9. The molecule has 132 valence electrons. The van der Waals surface area contributed by atoms with Gasteiger partial charge in [-0.25, -0.2) is 9.37 Å². The van der Waals surface area contributed by atoms with Crippen LogP contribution in [0, 0.1) is 5.82 Å². The van der Waals surface area contributed by atoms with Gasteiger partial charge in [-0.1, -0.05) is 24.3 Å². The number of hydrogen-bond donors (Lipinski definition) is 1. The molecule has 0 aliphatic heterocycles. The second-order valence-electron chi connectivity index (χ2n) is 5.43. The van der Waals surface area contributed by atoms with Gasteiger partial charge in [-0.05, 0) is 24.3 Å². The van der Waals surface area contributed by atoms with Gasteiger partial charge >= 0.3 is 6.18 Å². The Kier molecular flexibility index (Phi) is 4.63. The first kappa shape index (κ1) is 17.2. The van der Waals surface area contributed by atoms with E-state index in [1.165, 1.54) is 30.3 Å². The topological polar surface area (TPSA) is 47.3 Å². The van der Waals surface area contributed by atoms with Crippen molar-refractivity contribution in [1.82, 2.24) is 9.55 Å². The maximum absolute atomic E-state index is 13.5. The van der Waals surface area contributed by atoms with Crippen LogP contribution in [0.4, 0.5) is 17.6 Å². The first-order valence-electron chi connectivity index (χ1n) is 7.44. The average molecular weight is 354 g/mol. The molecule has 0 fully saturated rings. The quantitative estimate of drug-likeness (QED) is 0.712. The zero-order valence-electron chi connectivity index (χ0n) is 12.9. The molecule has 3 aromatic rings. The van der Waals surface area contributed by atoms with E-state index >= 15 is 0 Å². The molecular weight excluding hydrogens is 340 g/mol. The van der Waals surface area contributed by atoms with E-state index in [1.807, 2.05) is 0 Å². The van der Waals surface area contributed by atoms with E-state index in [1.54, 1.807) is 18.2 Å². The number of aromatic nitrogens is 2. The fourth-order valence-electron chi connectivity index (χ4n) is 2.49. The van der Waals surface area contributed by atoms with Crippen LogP contribution in [-0.2, 0) is 12.7 Å². The lowest BCUT2D eigenvalue weighted by Gasteiger charge is -2.16. The molecule has 25 heavy (non-hydrogen) atoms. The third-order valence-corrected chi connectivity index (χ3v) is 3.57. The van der Waals surface area contributed by atoms with Crippen molar-refractivity contribution in [3.05, 3.63) is 60.2 Å². The van der Waals surface area contributed by atoms with Crippen molar-refractivity contribution in [3.8, 4) is 5.75 Å². The number of ether oxygens (including phenoxy) is 1. The number of aliphatic hydroxyl groups is 1. The molecule has 4 nitrogen and oxygen atoms in total. The van der Waals surface area contributed by atoms with E-state index in [2.05, 4.69) is 4.98 Å². The van der Waals surface area contributed by atoms with Crippen LogP contribution in [0.15, 0.2) is 48.5 Å². The van der Waals surface area contributed by atoms with E-state index in [0.29, 0.717) is 0 Å². The summed E-state index contributed by atoms with van der Waals surface area (Å²) in [5.74, 6) is -1.79. The maximum atomic E-state index is 13.5. The average Bonchev–Trinajstić information content (AvgIpc) is 2.93. The molecule has 0 spiro atoms. The molecule has 0 radical (unpaired) electrons. The molecule has 8 heteroatoms. The van der Waals surface area contributed by atoms with Gasteiger partial charge < -0.3 is 14.4 Å². The molecule has 1 aromatic heterocycles. The lowest BCUT2D eigenvalue weighted by molar-refractivity contribution is -0.147. The molecule has 1 N–H and O–H groups in total. The standard InChI is InChI=1S/C17H14F4N2O2/c18-12-5-1-4-8-15(12)25-10-11(24)9-23-14-7-3-2-6-13(14)22-16(23)17(19,20)21/h1-8,11,24H,9-10H2/t11-/m1/s1. The number of rotatable bonds is 5. The van der Waals surface area contributed by atoms with E-state index in [-0.39, 0.29) is 29.9 Å². The lowest BCUT2D eigenvalue weighted by Crippen LogP contribution is -2.26. The van der Waals surface area contributed by atoms with Crippen molar-refractivity contribution in [2.24, 2.45) is 0 Å². The third-order valence-electron chi connectivity index (χ3n) is 3.57. The summed E-state index contributed by atoms with van der Waals surface area (Å²) in [4.78, 5) is 3.60. The summed E-state index contributed by atoms with van der Waals surface area (Å²) in [6, 6.07) is 11.7. The van der Waals surface area contributed by atoms with Crippen LogP contribution in [0.5, 0.6) is 5.75 Å². The Morgan fingerprint density at radius 3 is 2.48 bits per heavy atom. The Morgan fingerprint density at radius 1 is 1.08 bits per heavy atom. The van der Waals surface area contributed by atoms with Crippen molar-refractivity contribution >= 4 is 11.0 Å². The van der Waals surface area contributed by atoms with Gasteiger partial charge in [0.25, 0.3) is 0 Å². The molecule has 0 saturated heterocycles. The van der Waals surface area contributed by atoms with E-state index < -0.39 is 23.9 Å². The molecule has 0 bridgehead atoms. The summed E-state index contributed by atoms with van der Waals surface area (Å²) in [6.07, 6.45) is -5.94. The van der Waals surface area contributed by atoms with Crippen molar-refractivity contribution in [3.63, 3.8) is 0 Å². The highest BCUT2D eigenvalue weighted by Gasteiger charge is 2.37. The maximum Gasteiger partial charge on any atom is 0.449 e. The van der Waals surface area contributed by atoms with Crippen molar-refractivity contribution in [2.75, 3.05) is 6.61 Å². The second-order valence-corrected chi connectivity index (χ2v) is 5.43. The molecule has 0 saturated carbocycles. The second kappa shape index (κ2) is 6.72. The third kappa shape index (κ3) is 3.74. The van der Waals surface area contributed by atoms with Crippen LogP contribution < -0.4 is 4.74 Å². The summed E-state index contributed by atoms with van der Waals surface area (Å²) < 4.78 is 59.1. The van der Waals surface area contributed by atoms with Crippen LogP contribution in [-0.4, -0.2) is 27.4 Å². The van der Waals surface area contributed by atoms with Crippen molar-refractivity contribution in [2.45, 2.75) is 18.8 Å². The minimum absolute atomic E-state index is 0.0758. The van der Waals surface area contributed by atoms with Gasteiger partial charge in [0.2, 0.25) is 5.82 Å². The van der Waals surface area contributed by atoms with E-state index in [9.17, 15) is 22.7 Å². The summed E-state index contributed by atoms with van der Waals surface area (Å²) >= 11 is 0. The molecule has 3 rings (SSSR count). The molecule has 1 heterocycles. The van der Waals surface area contributed by atoms with Crippen molar-refractivity contribution in [1.29, 1.82) is 0 Å². The van der Waals surface area contributed by atoms with Gasteiger partial charge in [0.1, 0.15) is 12.7 Å². The molecule has 0 unspecified atom stereocenters. The van der Waals surface area contributed by atoms with Gasteiger partial charge in [0, 0.05) is 0 Å². The molecule has 0 aliphatic carbocycles. The van der Waals surface area contributed by atoms with Crippen LogP contribution >= 0.6 is 0 Å². The zero-order chi connectivity index (χ0) is 18.0. The molecule has 2 aromatic carbocycles. The number of nitrogens with zero attached hydrogens (tertiary/aromatic N) is 2. The molecule has 0 amide bonds. The van der Waals surface area contributed by atoms with E-state index in [4.69, 9.17) is 4.74 Å². The van der Waals surface area contributed by atoms with Crippen LogP contribution in [0.2, 0.25) is 0 Å². The number of fused-ring (bicyclic) bond motifs is 1. The minimum atomic E-state index is -4.66. The Bertz CT molecular complexity index is 876. The Labute approximate surface area is 140 Å². The number of halogens is 4. The predicted molar refractivity (Wildman–Crippen MR) is 82.6 cm³/mol. The van der Waals surface area contributed by atoms with Crippen LogP contribution in [0.1, 0.15) is 5.82 Å². The summed E-state index contributed by atoms with van der Waals surface area (Å²) in [5, 5.41) is 10.1. The minimum Gasteiger partial charge on any atom is -0.488 e. The summed E-state index contributed by atoms with van der Waals surface area (Å²) in [7, 11) is 0. The summed E-state index contributed by atoms with van der Waals surface area (Å²) in [5.41, 5.74) is 0.428. The number of benzene rings is 2. The lowest BCUT2D eigenvalue weighted by atomic mass is 10.3. The van der Waals surface area contributed by atoms with Crippen molar-refractivity contribution < 1.29 is 27.4 Å². The number of alkyl halides is 3. The highest BCUT2D eigenvalue weighted by atomic mass is 19.4. The number of aliphatic hydroxyl groups excluding tert-OH is 1. The van der Waals surface area contributed by atoms with Gasteiger partial charge in [0.05, 0.1) is 17.6 Å². The number of imidazole rings is 1. The van der Waals surface area contributed by atoms with E-state index in [0.717, 1.165) is 4.57 Å². The molecule has 0 aliphatic rings. The Morgan fingerprint density at radius 2 is 1.76 bits per heavy atom. The normalized spacial score (nSPS) is 13.2. The largest absolute Gasteiger partial charge is 0.488 e. The van der Waals surface area contributed by atoms with Gasteiger partial charge in [-0.2, -0.15) is 13.2 Å². The number of hydrogen-bond acceptors (Lipinski definition) is 3. The highest BCUT2D eigenvalue weighted by Crippen LogP contribution is 2.31.